The second kappa shape index (κ2) is 10.7. The van der Waals surface area contributed by atoms with E-state index in [2.05, 4.69) is 105 Å². The number of carbonyl (C=O) groups is 1. The number of halogens is 1. The highest BCUT2D eigenvalue weighted by Crippen LogP contribution is 2.46. The van der Waals surface area contributed by atoms with E-state index < -0.39 is 0 Å². The normalized spacial score (nSPS) is 19.2. The van der Waals surface area contributed by atoms with Gasteiger partial charge >= 0.3 is 0 Å². The second-order valence-corrected chi connectivity index (χ2v) is 12.8. The molecule has 0 amide bonds. The Hall–Kier alpha value is -2.14. The lowest BCUT2D eigenvalue weighted by atomic mass is 9.71. The van der Waals surface area contributed by atoms with E-state index in [9.17, 15) is 9.90 Å². The number of phenols is 1. The first-order chi connectivity index (χ1) is 16.8. The Morgan fingerprint density at radius 3 is 2.00 bits per heavy atom. The highest BCUT2D eigenvalue weighted by Gasteiger charge is 2.48. The van der Waals surface area contributed by atoms with E-state index >= 15 is 0 Å². The molecule has 0 saturated carbocycles. The van der Waals surface area contributed by atoms with Crippen LogP contribution in [0.4, 0.5) is 0 Å². The van der Waals surface area contributed by atoms with Crippen LogP contribution in [0.5, 0.6) is 5.75 Å². The van der Waals surface area contributed by atoms with Gasteiger partial charge in [0.2, 0.25) is 0 Å². The zero-order valence-electron chi connectivity index (χ0n) is 23.3. The Morgan fingerprint density at radius 1 is 1.03 bits per heavy atom. The Balaban J connectivity index is 1.99. The number of Topliss-reactive ketones (excluding diaryl/α,β-unsaturated/α-hetero) is 1. The first kappa shape index (κ1) is 28.4. The van der Waals surface area contributed by atoms with E-state index in [0.717, 1.165) is 42.8 Å². The summed E-state index contributed by atoms with van der Waals surface area (Å²) in [6.45, 7) is 18.0. The van der Waals surface area contributed by atoms with Gasteiger partial charge in [-0.1, -0.05) is 85.7 Å². The number of ketones is 1. The lowest BCUT2D eigenvalue weighted by Crippen LogP contribution is -2.33. The summed E-state index contributed by atoms with van der Waals surface area (Å²) in [5.74, 6) is 1.55. The summed E-state index contributed by atoms with van der Waals surface area (Å²) in [7, 11) is 0. The predicted molar refractivity (Wildman–Crippen MR) is 154 cm³/mol. The molecule has 0 aromatic heterocycles. The molecule has 5 heteroatoms. The predicted octanol–water partition coefficient (Wildman–Crippen LogP) is 7.86. The molecule has 2 aromatic carbocycles. The molecule has 1 aliphatic heterocycles. The van der Waals surface area contributed by atoms with Crippen LogP contribution in [-0.4, -0.2) is 34.7 Å². The summed E-state index contributed by atoms with van der Waals surface area (Å²) in [6, 6.07) is 14.3. The van der Waals surface area contributed by atoms with Gasteiger partial charge in [0.05, 0.1) is 22.7 Å². The summed E-state index contributed by atoms with van der Waals surface area (Å²) >= 11 is 3.41. The molecule has 0 aliphatic carbocycles. The van der Waals surface area contributed by atoms with Gasteiger partial charge in [0.1, 0.15) is 11.6 Å². The highest BCUT2D eigenvalue weighted by molar-refractivity contribution is 9.08. The van der Waals surface area contributed by atoms with E-state index in [4.69, 9.17) is 0 Å². The number of likely N-dealkylation sites (tertiary alicyclic amines) is 1. The smallest absolute Gasteiger partial charge is 0.182 e. The molecule has 1 unspecified atom stereocenters. The van der Waals surface area contributed by atoms with Crippen LogP contribution in [0.2, 0.25) is 0 Å². The van der Waals surface area contributed by atoms with Crippen molar-refractivity contribution in [1.29, 1.82) is 0 Å². The Bertz CT molecular complexity index is 1070. The number of hydrogen-bond donors (Lipinski definition) is 1. The molecule has 0 bridgehead atoms. The Kier molecular flexibility index (Phi) is 8.44. The van der Waals surface area contributed by atoms with Crippen molar-refractivity contribution in [2.24, 2.45) is 15.4 Å². The fourth-order valence-electron chi connectivity index (χ4n) is 5.64. The quantitative estimate of drug-likeness (QED) is 0.354. The van der Waals surface area contributed by atoms with Gasteiger partial charge in [-0.25, -0.2) is 0 Å². The summed E-state index contributed by atoms with van der Waals surface area (Å²) in [5.41, 5.74) is 3.07. The summed E-state index contributed by atoms with van der Waals surface area (Å²) in [4.78, 5) is 16.0. The number of phenolic OH excluding ortho intramolecular Hbond substituents is 1. The van der Waals surface area contributed by atoms with Crippen molar-refractivity contribution >= 4 is 27.8 Å². The molecule has 4 nitrogen and oxygen atoms in total. The number of aromatic hydroxyl groups is 1. The van der Waals surface area contributed by atoms with Crippen molar-refractivity contribution in [3.63, 3.8) is 0 Å². The SMILES string of the molecule is CCC1(CC)CN(CC(=O)c2cc(C(C)(C)C)c(O)c(C(C)(C)C)c2)/C(=N\Br)C1Cc1ccccc1. The Labute approximate surface area is 226 Å². The maximum atomic E-state index is 13.8. The van der Waals surface area contributed by atoms with Gasteiger partial charge in [0.25, 0.3) is 0 Å². The maximum absolute atomic E-state index is 13.8. The van der Waals surface area contributed by atoms with Gasteiger partial charge < -0.3 is 10.0 Å². The van der Waals surface area contributed by atoms with Crippen molar-refractivity contribution in [3.05, 3.63) is 64.7 Å². The van der Waals surface area contributed by atoms with Crippen LogP contribution in [0.25, 0.3) is 0 Å². The van der Waals surface area contributed by atoms with E-state index in [1.165, 1.54) is 5.56 Å². The number of nitrogens with zero attached hydrogens (tertiary/aromatic N) is 2. The minimum absolute atomic E-state index is 0.0566. The molecule has 0 radical (unpaired) electrons. The van der Waals surface area contributed by atoms with Gasteiger partial charge in [0, 0.05) is 29.2 Å². The lowest BCUT2D eigenvalue weighted by molar-refractivity contribution is 0.0953. The fourth-order valence-corrected chi connectivity index (χ4v) is 6.11. The average Bonchev–Trinajstić information content (AvgIpc) is 3.10. The first-order valence-electron chi connectivity index (χ1n) is 13.2. The third-order valence-corrected chi connectivity index (χ3v) is 8.40. The molecular formula is C31H43BrN2O2. The zero-order chi connectivity index (χ0) is 26.9. The van der Waals surface area contributed by atoms with Gasteiger partial charge in [0.15, 0.2) is 5.78 Å². The molecule has 1 atom stereocenters. The topological polar surface area (TPSA) is 52.9 Å². The van der Waals surface area contributed by atoms with Gasteiger partial charge in [-0.05, 0) is 53.2 Å². The molecule has 1 saturated heterocycles. The van der Waals surface area contributed by atoms with E-state index in [-0.39, 0.29) is 34.5 Å². The summed E-state index contributed by atoms with van der Waals surface area (Å²) < 4.78 is 4.58. The van der Waals surface area contributed by atoms with Crippen LogP contribution in [0.15, 0.2) is 46.5 Å². The number of rotatable bonds is 7. The molecule has 1 fully saturated rings. The maximum Gasteiger partial charge on any atom is 0.182 e. The molecule has 3 rings (SSSR count). The van der Waals surface area contributed by atoms with Crippen molar-refractivity contribution in [2.75, 3.05) is 13.1 Å². The molecule has 1 aliphatic rings. The molecule has 0 spiro atoms. The van der Waals surface area contributed by atoms with Gasteiger partial charge in [-0.3, -0.25) is 4.79 Å². The second-order valence-electron chi connectivity index (χ2n) is 12.5. The first-order valence-corrected chi connectivity index (χ1v) is 13.9. The number of hydrogen-bond acceptors (Lipinski definition) is 3. The molecule has 1 heterocycles. The average molecular weight is 556 g/mol. The minimum Gasteiger partial charge on any atom is -0.507 e. The summed E-state index contributed by atoms with van der Waals surface area (Å²) in [5, 5.41) is 11.1. The third kappa shape index (κ3) is 5.72. The Morgan fingerprint density at radius 2 is 1.56 bits per heavy atom. The lowest BCUT2D eigenvalue weighted by Gasteiger charge is -2.32. The van der Waals surface area contributed by atoms with Crippen LogP contribution in [0, 0.1) is 11.3 Å². The van der Waals surface area contributed by atoms with E-state index in [0.29, 0.717) is 11.3 Å². The van der Waals surface area contributed by atoms with Crippen molar-refractivity contribution in [1.82, 2.24) is 4.90 Å². The highest BCUT2D eigenvalue weighted by atomic mass is 79.9. The van der Waals surface area contributed by atoms with E-state index in [1.807, 2.05) is 18.2 Å². The van der Waals surface area contributed by atoms with E-state index in [1.54, 1.807) is 0 Å². The zero-order valence-corrected chi connectivity index (χ0v) is 24.9. The molecule has 196 valence electrons. The largest absolute Gasteiger partial charge is 0.507 e. The minimum atomic E-state index is -0.281. The molecule has 36 heavy (non-hydrogen) atoms. The third-order valence-electron chi connectivity index (χ3n) is 8.04. The molecule has 2 aromatic rings. The number of benzene rings is 2. The number of carbonyl (C=O) groups excluding carboxylic acids is 1. The molecule has 1 N–H and O–H groups in total. The van der Waals surface area contributed by atoms with Crippen LogP contribution in [0.1, 0.15) is 95.3 Å². The van der Waals surface area contributed by atoms with Crippen LogP contribution >= 0.6 is 16.1 Å². The monoisotopic (exact) mass is 554 g/mol. The number of amidine groups is 1. The van der Waals surface area contributed by atoms with Crippen molar-refractivity contribution in [2.45, 2.75) is 85.5 Å². The summed E-state index contributed by atoms with van der Waals surface area (Å²) in [6.07, 6.45) is 2.96. The van der Waals surface area contributed by atoms with Crippen LogP contribution in [-0.2, 0) is 17.3 Å². The van der Waals surface area contributed by atoms with Crippen molar-refractivity contribution < 1.29 is 9.90 Å². The van der Waals surface area contributed by atoms with Gasteiger partial charge in [-0.2, -0.15) is 4.02 Å². The molecular weight excluding hydrogens is 512 g/mol. The fraction of sp³-hybridized carbons (Fsp3) is 0.548. The van der Waals surface area contributed by atoms with Crippen LogP contribution in [0.3, 0.4) is 0 Å². The standard InChI is InChI=1S/C31H43BrN2O2/c1-9-31(10-2)20-34(28(33-32)25(31)16-21-14-12-11-13-15-21)19-26(35)22-17-23(29(3,4)5)27(36)24(18-22)30(6,7)8/h11-15,17-18,25,36H,9-10,16,19-20H2,1-8H3/b33-28-. The van der Waals surface area contributed by atoms with Crippen molar-refractivity contribution in [3.8, 4) is 5.75 Å². The van der Waals surface area contributed by atoms with Gasteiger partial charge in [-0.15, -0.1) is 0 Å². The van der Waals surface area contributed by atoms with Crippen LogP contribution < -0.4 is 0 Å².